The first-order chi connectivity index (χ1) is 14.6. The molecule has 4 rings (SSSR count). The summed E-state index contributed by atoms with van der Waals surface area (Å²) in [4.78, 5) is 18.1. The lowest BCUT2D eigenvalue weighted by Crippen LogP contribution is -2.36. The normalized spacial score (nSPS) is 14.6. The first-order valence-corrected chi connectivity index (χ1v) is 10.2. The molecule has 1 aliphatic heterocycles. The highest BCUT2D eigenvalue weighted by Crippen LogP contribution is 2.16. The fourth-order valence-corrected chi connectivity index (χ4v) is 3.80. The highest BCUT2D eigenvalue weighted by atomic mass is 32.1. The number of H-pyrrole nitrogens is 1. The van der Waals surface area contributed by atoms with Crippen LogP contribution in [0, 0.1) is 10.6 Å². The predicted molar refractivity (Wildman–Crippen MR) is 115 cm³/mol. The molecule has 3 aromatic rings. The number of nitrogens with zero attached hydrogens (tertiary/aromatic N) is 2. The van der Waals surface area contributed by atoms with Crippen molar-refractivity contribution in [3.63, 3.8) is 0 Å². The number of hydrogen-bond acceptors (Lipinski definition) is 4. The van der Waals surface area contributed by atoms with Crippen molar-refractivity contribution in [2.45, 2.75) is 13.1 Å². The average Bonchev–Trinajstić information content (AvgIpc) is 3.16. The molecule has 0 radical (unpaired) electrons. The van der Waals surface area contributed by atoms with Crippen molar-refractivity contribution in [3.05, 3.63) is 82.1 Å². The minimum Gasteiger partial charge on any atom is -0.379 e. The Kier molecular flexibility index (Phi) is 6.37. The second-order valence-corrected chi connectivity index (χ2v) is 7.52. The molecule has 0 spiro atoms. The summed E-state index contributed by atoms with van der Waals surface area (Å²) < 4.78 is 20.7. The van der Waals surface area contributed by atoms with Crippen LogP contribution < -0.4 is 5.32 Å². The summed E-state index contributed by atoms with van der Waals surface area (Å²) in [7, 11) is 0. The van der Waals surface area contributed by atoms with E-state index in [1.165, 1.54) is 17.7 Å². The molecule has 0 unspecified atom stereocenters. The van der Waals surface area contributed by atoms with E-state index in [-0.39, 0.29) is 11.7 Å². The van der Waals surface area contributed by atoms with E-state index in [9.17, 15) is 9.18 Å². The number of ether oxygens (including phenoxy) is 1. The zero-order chi connectivity index (χ0) is 20.9. The number of carbonyl (C=O) groups excluding carboxylic acids is 1. The van der Waals surface area contributed by atoms with Crippen molar-refractivity contribution in [3.8, 4) is 5.69 Å². The van der Waals surface area contributed by atoms with Crippen LogP contribution in [-0.2, 0) is 17.8 Å². The van der Waals surface area contributed by atoms with E-state index >= 15 is 0 Å². The van der Waals surface area contributed by atoms with E-state index in [4.69, 9.17) is 17.0 Å². The van der Waals surface area contributed by atoms with Crippen molar-refractivity contribution in [1.29, 1.82) is 0 Å². The maximum Gasteiger partial charge on any atom is 0.270 e. The summed E-state index contributed by atoms with van der Waals surface area (Å²) >= 11 is 5.31. The molecule has 1 fully saturated rings. The van der Waals surface area contributed by atoms with Crippen LogP contribution in [0.5, 0.6) is 0 Å². The second kappa shape index (κ2) is 9.34. The fraction of sp³-hybridized carbons (Fsp3) is 0.273. The van der Waals surface area contributed by atoms with Gasteiger partial charge in [-0.25, -0.2) is 4.39 Å². The number of benzene rings is 2. The van der Waals surface area contributed by atoms with Gasteiger partial charge in [0.15, 0.2) is 4.77 Å². The number of amides is 1. The number of carbonyl (C=O) groups is 1. The smallest absolute Gasteiger partial charge is 0.270 e. The van der Waals surface area contributed by atoms with Crippen LogP contribution in [0.15, 0.2) is 54.7 Å². The highest BCUT2D eigenvalue weighted by molar-refractivity contribution is 7.71. The molecule has 2 heterocycles. The molecule has 2 aromatic carbocycles. The third kappa shape index (κ3) is 4.67. The van der Waals surface area contributed by atoms with Gasteiger partial charge >= 0.3 is 0 Å². The van der Waals surface area contributed by atoms with E-state index in [0.717, 1.165) is 38.4 Å². The Morgan fingerprint density at radius 3 is 2.53 bits per heavy atom. The summed E-state index contributed by atoms with van der Waals surface area (Å²) in [5.74, 6) is -0.600. The summed E-state index contributed by atoms with van der Waals surface area (Å²) in [6.45, 7) is 4.54. The van der Waals surface area contributed by atoms with E-state index in [1.807, 2.05) is 18.2 Å². The number of rotatable bonds is 6. The Balaban J connectivity index is 1.48. The number of imidazole rings is 1. The lowest BCUT2D eigenvalue weighted by Gasteiger charge is -2.27. The molecule has 0 aliphatic carbocycles. The predicted octanol–water partition coefficient (Wildman–Crippen LogP) is 3.44. The van der Waals surface area contributed by atoms with Gasteiger partial charge < -0.3 is 15.0 Å². The third-order valence-corrected chi connectivity index (χ3v) is 5.45. The Morgan fingerprint density at radius 1 is 1.10 bits per heavy atom. The fourth-order valence-electron chi connectivity index (χ4n) is 3.53. The van der Waals surface area contributed by atoms with Gasteiger partial charge in [0, 0.05) is 38.1 Å². The first kappa shape index (κ1) is 20.5. The molecule has 6 nitrogen and oxygen atoms in total. The van der Waals surface area contributed by atoms with Crippen molar-refractivity contribution < 1.29 is 13.9 Å². The van der Waals surface area contributed by atoms with Gasteiger partial charge in [0.25, 0.3) is 5.91 Å². The lowest BCUT2D eigenvalue weighted by atomic mass is 10.1. The van der Waals surface area contributed by atoms with Gasteiger partial charge in [-0.3, -0.25) is 14.3 Å². The standard InChI is InChI=1S/C22H23FN4O2S/c23-18-5-7-19(8-6-18)27-20(14-25-22(27)30)21(28)24-13-16-3-1-2-4-17(16)15-26-9-11-29-12-10-26/h1-8,14H,9-13,15H2,(H,24,28)(H,25,30). The van der Waals surface area contributed by atoms with Crippen LogP contribution in [0.4, 0.5) is 4.39 Å². The number of hydrogen-bond donors (Lipinski definition) is 2. The minimum absolute atomic E-state index is 0.257. The minimum atomic E-state index is -0.344. The Bertz CT molecular complexity index is 1070. The molecule has 0 bridgehead atoms. The van der Waals surface area contributed by atoms with Crippen molar-refractivity contribution >= 4 is 18.1 Å². The van der Waals surface area contributed by atoms with Gasteiger partial charge in [-0.1, -0.05) is 24.3 Å². The molecule has 1 saturated heterocycles. The molecule has 0 atom stereocenters. The van der Waals surface area contributed by atoms with Crippen LogP contribution in [0.1, 0.15) is 21.6 Å². The Hall–Kier alpha value is -2.81. The molecule has 1 aromatic heterocycles. The van der Waals surface area contributed by atoms with Crippen LogP contribution in [0.2, 0.25) is 0 Å². The van der Waals surface area contributed by atoms with Crippen molar-refractivity contribution in [2.75, 3.05) is 26.3 Å². The third-order valence-electron chi connectivity index (χ3n) is 5.15. The van der Waals surface area contributed by atoms with Gasteiger partial charge in [-0.05, 0) is 47.6 Å². The van der Waals surface area contributed by atoms with Crippen molar-refractivity contribution in [1.82, 2.24) is 19.8 Å². The van der Waals surface area contributed by atoms with Crippen LogP contribution in [0.3, 0.4) is 0 Å². The van der Waals surface area contributed by atoms with E-state index in [2.05, 4.69) is 21.3 Å². The molecule has 156 valence electrons. The van der Waals surface area contributed by atoms with Crippen molar-refractivity contribution in [2.24, 2.45) is 0 Å². The number of nitrogens with one attached hydrogen (secondary N) is 2. The number of aromatic nitrogens is 2. The number of halogens is 1. The van der Waals surface area contributed by atoms with E-state index in [0.29, 0.717) is 22.7 Å². The van der Waals surface area contributed by atoms with E-state index < -0.39 is 0 Å². The maximum atomic E-state index is 13.3. The Morgan fingerprint density at radius 2 is 1.80 bits per heavy atom. The first-order valence-electron chi connectivity index (χ1n) is 9.83. The summed E-state index contributed by atoms with van der Waals surface area (Å²) in [6, 6.07) is 14.0. The number of aromatic amines is 1. The molecule has 2 N–H and O–H groups in total. The molecule has 30 heavy (non-hydrogen) atoms. The topological polar surface area (TPSA) is 62.3 Å². The SMILES string of the molecule is O=C(NCc1ccccc1CN1CCOCC1)c1c[nH]c(=S)n1-c1ccc(F)cc1. The van der Waals surface area contributed by atoms with Gasteiger partial charge in [-0.15, -0.1) is 0 Å². The number of morpholine rings is 1. The molecular weight excluding hydrogens is 403 g/mol. The quantitative estimate of drug-likeness (QED) is 0.593. The molecule has 1 aliphatic rings. The maximum absolute atomic E-state index is 13.3. The zero-order valence-corrected chi connectivity index (χ0v) is 17.3. The lowest BCUT2D eigenvalue weighted by molar-refractivity contribution is 0.0340. The van der Waals surface area contributed by atoms with Gasteiger partial charge in [0.1, 0.15) is 11.5 Å². The molecule has 0 saturated carbocycles. The summed E-state index contributed by atoms with van der Waals surface area (Å²) in [5.41, 5.74) is 3.25. The second-order valence-electron chi connectivity index (χ2n) is 7.13. The largest absolute Gasteiger partial charge is 0.379 e. The summed E-state index contributed by atoms with van der Waals surface area (Å²) in [5, 5.41) is 2.98. The average molecular weight is 427 g/mol. The van der Waals surface area contributed by atoms with Gasteiger partial charge in [-0.2, -0.15) is 0 Å². The van der Waals surface area contributed by atoms with E-state index in [1.54, 1.807) is 22.9 Å². The van der Waals surface area contributed by atoms with Gasteiger partial charge in [0.2, 0.25) is 0 Å². The highest BCUT2D eigenvalue weighted by Gasteiger charge is 2.16. The van der Waals surface area contributed by atoms with Crippen LogP contribution >= 0.6 is 12.2 Å². The Labute approximate surface area is 179 Å². The van der Waals surface area contributed by atoms with Crippen LogP contribution in [0.25, 0.3) is 5.69 Å². The molecule has 8 heteroatoms. The zero-order valence-electron chi connectivity index (χ0n) is 16.4. The molecule has 1 amide bonds. The van der Waals surface area contributed by atoms with Crippen LogP contribution in [-0.4, -0.2) is 46.7 Å². The molecular formula is C22H23FN4O2S. The monoisotopic (exact) mass is 426 g/mol. The van der Waals surface area contributed by atoms with Gasteiger partial charge in [0.05, 0.1) is 13.2 Å². The summed E-state index contributed by atoms with van der Waals surface area (Å²) in [6.07, 6.45) is 1.57.